The molecule has 4 aromatic rings. The van der Waals surface area contributed by atoms with Crippen LogP contribution in [0.25, 0.3) is 6.08 Å². The zero-order valence-corrected chi connectivity index (χ0v) is 23.1. The van der Waals surface area contributed by atoms with Crippen LogP contribution in [0.2, 0.25) is 5.02 Å². The summed E-state index contributed by atoms with van der Waals surface area (Å²) < 4.78 is 5.41. The predicted molar refractivity (Wildman–Crippen MR) is 161 cm³/mol. The Morgan fingerprint density at radius 1 is 0.825 bits per heavy atom. The summed E-state index contributed by atoms with van der Waals surface area (Å²) in [6.07, 6.45) is 1.56. The first-order valence-corrected chi connectivity index (χ1v) is 13.6. The number of thioether (sulfide) groups is 1. The summed E-state index contributed by atoms with van der Waals surface area (Å²) in [6, 6.07) is 29.8. The van der Waals surface area contributed by atoms with E-state index in [2.05, 4.69) is 16.0 Å². The second kappa shape index (κ2) is 14.0. The normalized spacial score (nSPS) is 10.9. The van der Waals surface area contributed by atoms with Crippen molar-refractivity contribution >= 4 is 58.5 Å². The van der Waals surface area contributed by atoms with Crippen LogP contribution in [0.4, 0.5) is 11.4 Å². The lowest BCUT2D eigenvalue weighted by molar-refractivity contribution is -0.114. The monoisotopic (exact) mass is 571 g/mol. The molecule has 7 nitrogen and oxygen atoms in total. The summed E-state index contributed by atoms with van der Waals surface area (Å²) >= 11 is 7.30. The fraction of sp³-hybridized carbons (Fsp3) is 0.0645. The molecule has 3 amide bonds. The molecular weight excluding hydrogens is 546 g/mol. The van der Waals surface area contributed by atoms with Gasteiger partial charge in [0.25, 0.3) is 11.8 Å². The maximum absolute atomic E-state index is 13.4. The molecule has 0 radical (unpaired) electrons. The van der Waals surface area contributed by atoms with Crippen molar-refractivity contribution in [3.05, 3.63) is 125 Å². The van der Waals surface area contributed by atoms with Gasteiger partial charge < -0.3 is 20.7 Å². The number of amides is 3. The zero-order valence-electron chi connectivity index (χ0n) is 21.5. The standard InChI is InChI=1S/C31H26ClN3O4S/c1-39-28-16-6-5-11-22(28)17-27(35-30(37)21-9-3-2-4-10-21)31(38)34-25-14-8-15-26(19-25)40-20-29(36)33-24-13-7-12-23(32)18-24/h2-19H,20H2,1H3,(H,33,36)(H,34,38)(H,35,37)/b27-17+. The lowest BCUT2D eigenvalue weighted by atomic mass is 10.1. The molecule has 0 heterocycles. The number of rotatable bonds is 10. The van der Waals surface area contributed by atoms with Gasteiger partial charge in [-0.3, -0.25) is 14.4 Å². The molecule has 202 valence electrons. The van der Waals surface area contributed by atoms with Gasteiger partial charge in [-0.1, -0.05) is 60.1 Å². The van der Waals surface area contributed by atoms with Crippen LogP contribution in [0, 0.1) is 0 Å². The molecule has 0 spiro atoms. The van der Waals surface area contributed by atoms with Gasteiger partial charge in [-0.25, -0.2) is 0 Å². The number of ether oxygens (including phenoxy) is 1. The molecule has 40 heavy (non-hydrogen) atoms. The van der Waals surface area contributed by atoms with Crippen LogP contribution in [0.15, 0.2) is 114 Å². The number of hydrogen-bond acceptors (Lipinski definition) is 5. The Bertz CT molecular complexity index is 1540. The van der Waals surface area contributed by atoms with E-state index in [4.69, 9.17) is 16.3 Å². The smallest absolute Gasteiger partial charge is 0.272 e. The Kier molecular flexibility index (Phi) is 9.99. The van der Waals surface area contributed by atoms with E-state index in [1.807, 2.05) is 18.2 Å². The third-order valence-corrected chi connectivity index (χ3v) is 6.77. The molecule has 0 atom stereocenters. The highest BCUT2D eigenvalue weighted by Crippen LogP contribution is 2.24. The number of nitrogens with one attached hydrogen (secondary N) is 3. The van der Waals surface area contributed by atoms with Crippen molar-refractivity contribution in [2.75, 3.05) is 23.5 Å². The number of hydrogen-bond donors (Lipinski definition) is 3. The largest absolute Gasteiger partial charge is 0.496 e. The van der Waals surface area contributed by atoms with Gasteiger partial charge in [0.05, 0.1) is 12.9 Å². The fourth-order valence-corrected chi connectivity index (χ4v) is 4.60. The van der Waals surface area contributed by atoms with Crippen LogP contribution in [0.1, 0.15) is 15.9 Å². The molecule has 0 saturated carbocycles. The van der Waals surface area contributed by atoms with Crippen LogP contribution >= 0.6 is 23.4 Å². The van der Waals surface area contributed by atoms with Crippen molar-refractivity contribution in [3.8, 4) is 5.75 Å². The molecule has 0 saturated heterocycles. The highest BCUT2D eigenvalue weighted by molar-refractivity contribution is 8.00. The number of halogens is 1. The second-order valence-corrected chi connectivity index (χ2v) is 9.93. The lowest BCUT2D eigenvalue weighted by Gasteiger charge is -2.13. The van der Waals surface area contributed by atoms with Gasteiger partial charge >= 0.3 is 0 Å². The fourth-order valence-electron chi connectivity index (χ4n) is 3.66. The average molecular weight is 572 g/mol. The summed E-state index contributed by atoms with van der Waals surface area (Å²) in [6.45, 7) is 0. The van der Waals surface area contributed by atoms with Gasteiger partial charge in [0.2, 0.25) is 5.91 Å². The van der Waals surface area contributed by atoms with Gasteiger partial charge in [0, 0.05) is 32.4 Å². The quantitative estimate of drug-likeness (QED) is 0.149. The minimum absolute atomic E-state index is 0.0392. The van der Waals surface area contributed by atoms with Crippen LogP contribution < -0.4 is 20.7 Å². The highest BCUT2D eigenvalue weighted by atomic mass is 35.5. The highest BCUT2D eigenvalue weighted by Gasteiger charge is 2.16. The van der Waals surface area contributed by atoms with Gasteiger partial charge in [-0.15, -0.1) is 11.8 Å². The Balaban J connectivity index is 1.47. The van der Waals surface area contributed by atoms with E-state index in [0.29, 0.717) is 33.3 Å². The molecule has 4 aromatic carbocycles. The molecule has 0 aliphatic rings. The molecule has 4 rings (SSSR count). The average Bonchev–Trinajstić information content (AvgIpc) is 2.96. The SMILES string of the molecule is COc1ccccc1/C=C(/NC(=O)c1ccccc1)C(=O)Nc1cccc(SCC(=O)Nc2cccc(Cl)c2)c1. The first-order chi connectivity index (χ1) is 19.4. The van der Waals surface area contributed by atoms with Crippen LogP contribution in [0.3, 0.4) is 0 Å². The van der Waals surface area contributed by atoms with E-state index in [0.717, 1.165) is 4.90 Å². The number of methoxy groups -OCH3 is 1. The second-order valence-electron chi connectivity index (χ2n) is 8.45. The van der Waals surface area contributed by atoms with Crippen molar-refractivity contribution in [1.82, 2.24) is 5.32 Å². The Morgan fingerprint density at radius 2 is 1.52 bits per heavy atom. The van der Waals surface area contributed by atoms with E-state index >= 15 is 0 Å². The Labute approximate surface area is 241 Å². The molecule has 9 heteroatoms. The zero-order chi connectivity index (χ0) is 28.3. The first kappa shape index (κ1) is 28.5. The number of carbonyl (C=O) groups is 3. The van der Waals surface area contributed by atoms with Crippen LogP contribution in [0.5, 0.6) is 5.75 Å². The van der Waals surface area contributed by atoms with Gasteiger partial charge in [0.1, 0.15) is 11.4 Å². The summed E-state index contributed by atoms with van der Waals surface area (Å²) in [4.78, 5) is 39.4. The molecule has 0 aromatic heterocycles. The van der Waals surface area contributed by atoms with E-state index < -0.39 is 11.8 Å². The summed E-state index contributed by atoms with van der Waals surface area (Å²) in [7, 11) is 1.54. The number of carbonyl (C=O) groups excluding carboxylic acids is 3. The van der Waals surface area contributed by atoms with Crippen LogP contribution in [-0.2, 0) is 9.59 Å². The van der Waals surface area contributed by atoms with E-state index in [1.165, 1.54) is 18.9 Å². The Morgan fingerprint density at radius 3 is 2.27 bits per heavy atom. The van der Waals surface area contributed by atoms with Gasteiger partial charge in [-0.2, -0.15) is 0 Å². The minimum Gasteiger partial charge on any atom is -0.496 e. The molecular formula is C31H26ClN3O4S. The summed E-state index contributed by atoms with van der Waals surface area (Å²) in [5.41, 5.74) is 2.20. The number of benzene rings is 4. The molecule has 0 bridgehead atoms. The summed E-state index contributed by atoms with van der Waals surface area (Å²) in [5.74, 6) is -0.415. The minimum atomic E-state index is -0.518. The van der Waals surface area contributed by atoms with Gasteiger partial charge in [0.15, 0.2) is 0 Å². The third-order valence-electron chi connectivity index (χ3n) is 5.54. The number of anilines is 2. The molecule has 0 unspecified atom stereocenters. The first-order valence-electron chi connectivity index (χ1n) is 12.2. The molecule has 0 fully saturated rings. The number of para-hydroxylation sites is 1. The van der Waals surface area contributed by atoms with Crippen LogP contribution in [-0.4, -0.2) is 30.6 Å². The van der Waals surface area contributed by atoms with Crippen molar-refractivity contribution in [1.29, 1.82) is 0 Å². The topological polar surface area (TPSA) is 96.5 Å². The van der Waals surface area contributed by atoms with Crippen molar-refractivity contribution < 1.29 is 19.1 Å². The third kappa shape index (κ3) is 8.23. The van der Waals surface area contributed by atoms with E-state index in [1.54, 1.807) is 91.0 Å². The predicted octanol–water partition coefficient (Wildman–Crippen LogP) is 6.49. The van der Waals surface area contributed by atoms with E-state index in [-0.39, 0.29) is 17.4 Å². The molecule has 0 aliphatic carbocycles. The molecule has 0 aliphatic heterocycles. The van der Waals surface area contributed by atoms with Crippen molar-refractivity contribution in [3.63, 3.8) is 0 Å². The lowest BCUT2D eigenvalue weighted by Crippen LogP contribution is -2.30. The maximum Gasteiger partial charge on any atom is 0.272 e. The van der Waals surface area contributed by atoms with Crippen molar-refractivity contribution in [2.45, 2.75) is 4.90 Å². The Hall–Kier alpha value is -4.53. The summed E-state index contributed by atoms with van der Waals surface area (Å²) in [5, 5.41) is 8.90. The maximum atomic E-state index is 13.4. The van der Waals surface area contributed by atoms with Crippen molar-refractivity contribution in [2.24, 2.45) is 0 Å². The van der Waals surface area contributed by atoms with Gasteiger partial charge in [-0.05, 0) is 60.7 Å². The van der Waals surface area contributed by atoms with E-state index in [9.17, 15) is 14.4 Å². The molecule has 3 N–H and O–H groups in total.